The third-order valence-corrected chi connectivity index (χ3v) is 3.31. The molecule has 0 bridgehead atoms. The Hall–Kier alpha value is -1.83. The van der Waals surface area contributed by atoms with Gasteiger partial charge in [-0.2, -0.15) is 9.47 Å². The summed E-state index contributed by atoms with van der Waals surface area (Å²) in [5, 5.41) is 7.27. The van der Waals surface area contributed by atoms with Gasteiger partial charge in [0.1, 0.15) is 18.5 Å². The van der Waals surface area contributed by atoms with Crippen LogP contribution < -0.4 is 5.32 Å². The Morgan fingerprint density at radius 3 is 3.17 bits per heavy atom. The molecule has 0 aromatic carbocycles. The number of hydrogen-bond donors (Lipinski definition) is 1. The van der Waals surface area contributed by atoms with Gasteiger partial charge < -0.3 is 5.32 Å². The lowest BCUT2D eigenvalue weighted by Crippen LogP contribution is -2.14. The van der Waals surface area contributed by atoms with Crippen LogP contribution in [-0.4, -0.2) is 30.0 Å². The van der Waals surface area contributed by atoms with E-state index in [1.54, 1.807) is 11.0 Å². The van der Waals surface area contributed by atoms with E-state index in [1.807, 2.05) is 0 Å². The van der Waals surface area contributed by atoms with Crippen molar-refractivity contribution in [3.8, 4) is 0 Å². The van der Waals surface area contributed by atoms with Crippen LogP contribution in [-0.2, 0) is 11.3 Å². The number of anilines is 1. The summed E-state index contributed by atoms with van der Waals surface area (Å²) in [7, 11) is 0. The molecule has 1 aliphatic rings. The van der Waals surface area contributed by atoms with Crippen molar-refractivity contribution in [3.63, 3.8) is 0 Å². The summed E-state index contributed by atoms with van der Waals surface area (Å²) >= 11 is 1.24. The van der Waals surface area contributed by atoms with Gasteiger partial charge in [-0.1, -0.05) is 0 Å². The number of carbonyl (C=O) groups excluding carboxylic acids is 1. The SMILES string of the molecule is O=C(CCn1cncn1)Nc1nc(C2CC2)ns1. The highest BCUT2D eigenvalue weighted by Crippen LogP contribution is 2.39. The van der Waals surface area contributed by atoms with Crippen molar-refractivity contribution in [1.82, 2.24) is 24.1 Å². The van der Waals surface area contributed by atoms with Crippen molar-refractivity contribution in [1.29, 1.82) is 0 Å². The average molecular weight is 264 g/mol. The number of amides is 1. The van der Waals surface area contributed by atoms with Crippen molar-refractivity contribution >= 4 is 22.6 Å². The number of aromatic nitrogens is 5. The normalized spacial score (nSPS) is 14.7. The summed E-state index contributed by atoms with van der Waals surface area (Å²) in [6.45, 7) is 0.514. The molecule has 0 atom stereocenters. The van der Waals surface area contributed by atoms with Crippen molar-refractivity contribution in [2.75, 3.05) is 5.32 Å². The number of rotatable bonds is 5. The van der Waals surface area contributed by atoms with Crippen LogP contribution in [0.15, 0.2) is 12.7 Å². The van der Waals surface area contributed by atoms with Crippen molar-refractivity contribution < 1.29 is 4.79 Å². The Balaban J connectivity index is 1.50. The van der Waals surface area contributed by atoms with Crippen LogP contribution in [0, 0.1) is 0 Å². The summed E-state index contributed by atoms with van der Waals surface area (Å²) < 4.78 is 5.85. The minimum absolute atomic E-state index is 0.0796. The fraction of sp³-hybridized carbons (Fsp3) is 0.500. The summed E-state index contributed by atoms with van der Waals surface area (Å²) in [5.74, 6) is 1.30. The lowest BCUT2D eigenvalue weighted by atomic mass is 10.4. The molecule has 0 spiro atoms. The van der Waals surface area contributed by atoms with Crippen molar-refractivity contribution in [2.45, 2.75) is 31.7 Å². The van der Waals surface area contributed by atoms with Gasteiger partial charge >= 0.3 is 0 Å². The lowest BCUT2D eigenvalue weighted by Gasteiger charge is -2.00. The third-order valence-electron chi connectivity index (χ3n) is 2.67. The maximum Gasteiger partial charge on any atom is 0.228 e. The Labute approximate surface area is 107 Å². The number of aryl methyl sites for hydroxylation is 1. The van der Waals surface area contributed by atoms with Crippen LogP contribution in [0.4, 0.5) is 5.13 Å². The van der Waals surface area contributed by atoms with Gasteiger partial charge in [0.05, 0.1) is 6.54 Å². The number of nitrogens with one attached hydrogen (secondary N) is 1. The molecule has 1 fully saturated rings. The van der Waals surface area contributed by atoms with E-state index in [0.717, 1.165) is 18.7 Å². The molecule has 1 aliphatic carbocycles. The molecule has 1 N–H and O–H groups in total. The fourth-order valence-electron chi connectivity index (χ4n) is 1.54. The molecule has 1 saturated carbocycles. The summed E-state index contributed by atoms with van der Waals surface area (Å²) in [6.07, 6.45) is 5.71. The highest BCUT2D eigenvalue weighted by molar-refractivity contribution is 7.09. The molecule has 3 rings (SSSR count). The molecule has 2 aromatic rings. The fourth-order valence-corrected chi connectivity index (χ4v) is 2.20. The van der Waals surface area contributed by atoms with E-state index in [-0.39, 0.29) is 5.91 Å². The van der Waals surface area contributed by atoms with E-state index in [9.17, 15) is 4.79 Å². The summed E-state index contributed by atoms with van der Waals surface area (Å²) in [4.78, 5) is 19.8. The van der Waals surface area contributed by atoms with Gasteiger partial charge in [0.15, 0.2) is 0 Å². The second kappa shape index (κ2) is 4.81. The Bertz CT molecular complexity index is 532. The zero-order valence-corrected chi connectivity index (χ0v) is 10.4. The second-order valence-electron chi connectivity index (χ2n) is 4.19. The summed E-state index contributed by atoms with van der Waals surface area (Å²) in [5.41, 5.74) is 0. The number of hydrogen-bond acceptors (Lipinski definition) is 6. The quantitative estimate of drug-likeness (QED) is 0.872. The molecule has 0 unspecified atom stereocenters. The smallest absolute Gasteiger partial charge is 0.228 e. The molecule has 7 nitrogen and oxygen atoms in total. The van der Waals surface area contributed by atoms with Gasteiger partial charge in [0.2, 0.25) is 11.0 Å². The molecular weight excluding hydrogens is 252 g/mol. The first-order valence-electron chi connectivity index (χ1n) is 5.77. The van der Waals surface area contributed by atoms with Crippen LogP contribution in [0.2, 0.25) is 0 Å². The molecule has 8 heteroatoms. The van der Waals surface area contributed by atoms with Gasteiger partial charge in [-0.25, -0.2) is 9.97 Å². The van der Waals surface area contributed by atoms with Gasteiger partial charge in [-0.15, -0.1) is 0 Å². The van der Waals surface area contributed by atoms with Crippen LogP contribution in [0.3, 0.4) is 0 Å². The van der Waals surface area contributed by atoms with Crippen LogP contribution in [0.1, 0.15) is 31.0 Å². The van der Waals surface area contributed by atoms with Gasteiger partial charge in [0.25, 0.3) is 0 Å². The topological polar surface area (TPSA) is 85.6 Å². The first-order chi connectivity index (χ1) is 8.81. The molecule has 0 saturated heterocycles. The molecule has 0 aliphatic heterocycles. The van der Waals surface area contributed by atoms with Gasteiger partial charge in [-0.3, -0.25) is 9.48 Å². The first-order valence-corrected chi connectivity index (χ1v) is 6.54. The van der Waals surface area contributed by atoms with E-state index >= 15 is 0 Å². The van der Waals surface area contributed by atoms with E-state index in [4.69, 9.17) is 0 Å². The second-order valence-corrected chi connectivity index (χ2v) is 4.94. The predicted octanol–water partition coefficient (Wildman–Crippen LogP) is 1.04. The summed E-state index contributed by atoms with van der Waals surface area (Å²) in [6, 6.07) is 0. The molecule has 1 amide bonds. The molecule has 94 valence electrons. The van der Waals surface area contributed by atoms with Crippen molar-refractivity contribution in [2.24, 2.45) is 0 Å². The van der Waals surface area contributed by atoms with E-state index in [0.29, 0.717) is 24.0 Å². The van der Waals surface area contributed by atoms with E-state index < -0.39 is 0 Å². The monoisotopic (exact) mass is 264 g/mol. The molecule has 0 radical (unpaired) electrons. The maximum absolute atomic E-state index is 11.7. The maximum atomic E-state index is 11.7. The minimum Gasteiger partial charge on any atom is -0.301 e. The largest absolute Gasteiger partial charge is 0.301 e. The Kier molecular flexibility index (Phi) is 3.01. The highest BCUT2D eigenvalue weighted by Gasteiger charge is 2.27. The van der Waals surface area contributed by atoms with Crippen molar-refractivity contribution in [3.05, 3.63) is 18.5 Å². The number of carbonyl (C=O) groups is 1. The third kappa shape index (κ3) is 2.70. The zero-order valence-electron chi connectivity index (χ0n) is 9.61. The molecular formula is C10H12N6OS. The first kappa shape index (κ1) is 11.3. The lowest BCUT2D eigenvalue weighted by molar-refractivity contribution is -0.116. The van der Waals surface area contributed by atoms with E-state index in [1.165, 1.54) is 17.9 Å². The van der Waals surface area contributed by atoms with Crippen LogP contribution in [0.25, 0.3) is 0 Å². The van der Waals surface area contributed by atoms with Crippen LogP contribution >= 0.6 is 11.5 Å². The highest BCUT2D eigenvalue weighted by atomic mass is 32.1. The minimum atomic E-state index is -0.0796. The molecule has 2 heterocycles. The zero-order chi connectivity index (χ0) is 12.4. The number of nitrogens with zero attached hydrogens (tertiary/aromatic N) is 5. The van der Waals surface area contributed by atoms with Crippen LogP contribution in [0.5, 0.6) is 0 Å². The van der Waals surface area contributed by atoms with Gasteiger partial charge in [-0.05, 0) is 12.8 Å². The Morgan fingerprint density at radius 1 is 1.56 bits per heavy atom. The van der Waals surface area contributed by atoms with Gasteiger partial charge in [0, 0.05) is 23.9 Å². The molecule has 2 aromatic heterocycles. The predicted molar refractivity (Wildman–Crippen MR) is 65.2 cm³/mol. The molecule has 18 heavy (non-hydrogen) atoms. The Morgan fingerprint density at radius 2 is 2.44 bits per heavy atom. The average Bonchev–Trinajstić information content (AvgIpc) is 2.90. The van der Waals surface area contributed by atoms with E-state index in [2.05, 4.69) is 24.8 Å². The standard InChI is InChI=1S/C10H12N6OS/c17-8(3-4-16-6-11-5-12-16)13-10-14-9(15-18-10)7-1-2-7/h5-7H,1-4H2,(H,13,14,15,17).